The lowest BCUT2D eigenvalue weighted by Crippen LogP contribution is -2.23. The molecule has 3 aromatic rings. The second-order valence-corrected chi connectivity index (χ2v) is 8.58. The number of hydrogen-bond donors (Lipinski definition) is 1. The van der Waals surface area contributed by atoms with E-state index in [4.69, 9.17) is 4.74 Å². The summed E-state index contributed by atoms with van der Waals surface area (Å²) in [7, 11) is 0. The summed E-state index contributed by atoms with van der Waals surface area (Å²) < 4.78 is 5.66. The Kier molecular flexibility index (Phi) is 5.86. The van der Waals surface area contributed by atoms with Gasteiger partial charge in [0.05, 0.1) is 16.0 Å². The molecule has 1 aromatic heterocycles. The van der Waals surface area contributed by atoms with Crippen molar-refractivity contribution in [2.24, 2.45) is 0 Å². The van der Waals surface area contributed by atoms with Crippen molar-refractivity contribution in [3.8, 4) is 5.75 Å². The Bertz CT molecular complexity index is 979. The van der Waals surface area contributed by atoms with Crippen LogP contribution in [0.3, 0.4) is 0 Å². The van der Waals surface area contributed by atoms with E-state index >= 15 is 0 Å². The fraction of sp³-hybridized carbons (Fsp3) is 0.292. The number of aryl methyl sites for hydroxylation is 1. The van der Waals surface area contributed by atoms with Crippen molar-refractivity contribution in [1.82, 2.24) is 5.32 Å². The maximum atomic E-state index is 12.6. The number of carbonyl (C=O) groups excluding carboxylic acids is 1. The number of fused-ring (bicyclic) bond motifs is 1. The van der Waals surface area contributed by atoms with Gasteiger partial charge in [-0.3, -0.25) is 4.79 Å². The monoisotopic (exact) mass is 406 g/mol. The number of carbonyl (C=O) groups is 1. The van der Waals surface area contributed by atoms with Gasteiger partial charge in [-0.05, 0) is 68.1 Å². The SMILES string of the molecule is CC(C)Oc1ccc(CNC(=O)c2ccc(N3CCCc4ccccc43)s2)cc1. The molecular formula is C24H26N2O2S. The van der Waals surface area contributed by atoms with Crippen molar-refractivity contribution in [1.29, 1.82) is 0 Å². The van der Waals surface area contributed by atoms with Crippen molar-refractivity contribution in [3.63, 3.8) is 0 Å². The Morgan fingerprint density at radius 3 is 2.69 bits per heavy atom. The summed E-state index contributed by atoms with van der Waals surface area (Å²) in [6.07, 6.45) is 2.40. The number of nitrogens with one attached hydrogen (secondary N) is 1. The summed E-state index contributed by atoms with van der Waals surface area (Å²) in [6, 6.07) is 20.4. The minimum Gasteiger partial charge on any atom is -0.491 e. The molecule has 0 saturated carbocycles. The van der Waals surface area contributed by atoms with Crippen LogP contribution in [-0.4, -0.2) is 18.6 Å². The van der Waals surface area contributed by atoms with Gasteiger partial charge in [-0.25, -0.2) is 0 Å². The zero-order valence-electron chi connectivity index (χ0n) is 16.9. The van der Waals surface area contributed by atoms with E-state index in [2.05, 4.69) is 40.5 Å². The first-order chi connectivity index (χ1) is 14.1. The van der Waals surface area contributed by atoms with Crippen molar-refractivity contribution in [2.45, 2.75) is 39.3 Å². The zero-order chi connectivity index (χ0) is 20.2. The van der Waals surface area contributed by atoms with Gasteiger partial charge >= 0.3 is 0 Å². The van der Waals surface area contributed by atoms with E-state index in [-0.39, 0.29) is 12.0 Å². The van der Waals surface area contributed by atoms with Crippen molar-refractivity contribution >= 4 is 27.9 Å². The van der Waals surface area contributed by atoms with Crippen molar-refractivity contribution in [3.05, 3.63) is 76.7 Å². The topological polar surface area (TPSA) is 41.6 Å². The minimum absolute atomic E-state index is 0.0333. The average Bonchev–Trinajstić information content (AvgIpc) is 3.22. The zero-order valence-corrected chi connectivity index (χ0v) is 17.7. The number of para-hydroxylation sites is 1. The Labute approximate surface area is 176 Å². The van der Waals surface area contributed by atoms with Crippen LogP contribution in [0.1, 0.15) is 41.1 Å². The molecule has 29 heavy (non-hydrogen) atoms. The lowest BCUT2D eigenvalue weighted by Gasteiger charge is -2.30. The van der Waals surface area contributed by atoms with Gasteiger partial charge in [-0.1, -0.05) is 30.3 Å². The third-order valence-corrected chi connectivity index (χ3v) is 6.05. The molecule has 0 radical (unpaired) electrons. The summed E-state index contributed by atoms with van der Waals surface area (Å²) in [6.45, 7) is 5.50. The highest BCUT2D eigenvalue weighted by Gasteiger charge is 2.20. The molecule has 4 nitrogen and oxygen atoms in total. The number of anilines is 2. The molecule has 0 atom stereocenters. The first-order valence-electron chi connectivity index (χ1n) is 10.1. The number of hydrogen-bond acceptors (Lipinski definition) is 4. The van der Waals surface area contributed by atoms with Gasteiger partial charge in [-0.2, -0.15) is 0 Å². The summed E-state index contributed by atoms with van der Waals surface area (Å²) >= 11 is 1.55. The van der Waals surface area contributed by atoms with Crippen LogP contribution in [0.25, 0.3) is 0 Å². The third kappa shape index (κ3) is 4.62. The molecule has 150 valence electrons. The van der Waals surface area contributed by atoms with Crippen LogP contribution < -0.4 is 15.0 Å². The fourth-order valence-electron chi connectivity index (χ4n) is 3.58. The van der Waals surface area contributed by atoms with Gasteiger partial charge in [0.25, 0.3) is 5.91 Å². The van der Waals surface area contributed by atoms with Crippen LogP contribution >= 0.6 is 11.3 Å². The quantitative estimate of drug-likeness (QED) is 0.583. The van der Waals surface area contributed by atoms with Crippen LogP contribution in [-0.2, 0) is 13.0 Å². The molecule has 2 heterocycles. The van der Waals surface area contributed by atoms with Crippen LogP contribution in [0.2, 0.25) is 0 Å². The molecule has 1 aliphatic rings. The molecule has 0 bridgehead atoms. The number of nitrogens with zero attached hydrogens (tertiary/aromatic N) is 1. The maximum Gasteiger partial charge on any atom is 0.261 e. The molecule has 1 amide bonds. The van der Waals surface area contributed by atoms with E-state index in [1.165, 1.54) is 11.3 Å². The second kappa shape index (κ2) is 8.70. The minimum atomic E-state index is -0.0333. The highest BCUT2D eigenvalue weighted by Crippen LogP contribution is 2.37. The Balaban J connectivity index is 1.39. The van der Waals surface area contributed by atoms with Gasteiger partial charge in [-0.15, -0.1) is 11.3 Å². The van der Waals surface area contributed by atoms with E-state index in [9.17, 15) is 4.79 Å². The predicted molar refractivity (Wildman–Crippen MR) is 119 cm³/mol. The molecule has 5 heteroatoms. The first-order valence-corrected chi connectivity index (χ1v) is 10.9. The normalized spacial score (nSPS) is 13.3. The number of thiophene rings is 1. The van der Waals surface area contributed by atoms with E-state index in [1.807, 2.05) is 44.2 Å². The molecule has 1 N–H and O–H groups in total. The lowest BCUT2D eigenvalue weighted by atomic mass is 10.0. The average molecular weight is 407 g/mol. The van der Waals surface area contributed by atoms with Crippen LogP contribution in [0.4, 0.5) is 10.7 Å². The Hall–Kier alpha value is -2.79. The van der Waals surface area contributed by atoms with Gasteiger partial charge in [0.2, 0.25) is 0 Å². The fourth-order valence-corrected chi connectivity index (χ4v) is 4.55. The molecule has 0 aliphatic carbocycles. The number of amides is 1. The summed E-state index contributed by atoms with van der Waals surface area (Å²) in [5, 5.41) is 4.15. The van der Waals surface area contributed by atoms with Gasteiger partial charge in [0.15, 0.2) is 0 Å². The largest absolute Gasteiger partial charge is 0.491 e. The highest BCUT2D eigenvalue weighted by molar-refractivity contribution is 7.18. The number of rotatable bonds is 6. The number of ether oxygens (including phenoxy) is 1. The maximum absolute atomic E-state index is 12.6. The van der Waals surface area contributed by atoms with Crippen LogP contribution in [0.5, 0.6) is 5.75 Å². The molecule has 0 saturated heterocycles. The van der Waals surface area contributed by atoms with Crippen molar-refractivity contribution < 1.29 is 9.53 Å². The highest BCUT2D eigenvalue weighted by atomic mass is 32.1. The smallest absolute Gasteiger partial charge is 0.261 e. The van der Waals surface area contributed by atoms with E-state index < -0.39 is 0 Å². The molecule has 2 aromatic carbocycles. The number of benzene rings is 2. The standard InChI is InChI=1S/C24H26N2O2S/c1-17(2)28-20-11-9-18(10-12-20)16-25-24(27)22-13-14-23(29-22)26-15-5-7-19-6-3-4-8-21(19)26/h3-4,6,8-14,17H,5,7,15-16H2,1-2H3,(H,25,27). The van der Waals surface area contributed by atoms with Crippen LogP contribution in [0.15, 0.2) is 60.7 Å². The van der Waals surface area contributed by atoms with E-state index in [0.717, 1.165) is 40.6 Å². The van der Waals surface area contributed by atoms with E-state index in [1.54, 1.807) is 11.3 Å². The van der Waals surface area contributed by atoms with Gasteiger partial charge in [0, 0.05) is 18.8 Å². The Morgan fingerprint density at radius 1 is 1.10 bits per heavy atom. The van der Waals surface area contributed by atoms with Crippen LogP contribution in [0, 0.1) is 0 Å². The molecular weight excluding hydrogens is 380 g/mol. The molecule has 0 fully saturated rings. The summed E-state index contributed by atoms with van der Waals surface area (Å²) in [4.78, 5) is 15.7. The lowest BCUT2D eigenvalue weighted by molar-refractivity contribution is 0.0955. The predicted octanol–water partition coefficient (Wildman–Crippen LogP) is 5.55. The second-order valence-electron chi connectivity index (χ2n) is 7.52. The first kappa shape index (κ1) is 19.5. The molecule has 0 spiro atoms. The van der Waals surface area contributed by atoms with Gasteiger partial charge in [0.1, 0.15) is 5.75 Å². The van der Waals surface area contributed by atoms with E-state index in [0.29, 0.717) is 6.54 Å². The van der Waals surface area contributed by atoms with Gasteiger partial charge < -0.3 is 15.0 Å². The molecule has 1 aliphatic heterocycles. The summed E-state index contributed by atoms with van der Waals surface area (Å²) in [5.41, 5.74) is 3.69. The Morgan fingerprint density at radius 2 is 1.90 bits per heavy atom. The molecule has 4 rings (SSSR count). The molecule has 0 unspecified atom stereocenters. The third-order valence-electron chi connectivity index (χ3n) is 4.94. The van der Waals surface area contributed by atoms with Crippen molar-refractivity contribution in [2.75, 3.05) is 11.4 Å². The summed E-state index contributed by atoms with van der Waals surface area (Å²) in [5.74, 6) is 0.814.